The van der Waals surface area contributed by atoms with Crippen LogP contribution in [-0.2, 0) is 22.7 Å². The first-order chi connectivity index (χ1) is 13.0. The number of hydrogen-bond acceptors (Lipinski definition) is 6. The van der Waals surface area contributed by atoms with Crippen LogP contribution >= 0.6 is 0 Å². The van der Waals surface area contributed by atoms with Crippen molar-refractivity contribution in [1.82, 2.24) is 5.32 Å². The largest absolute Gasteiger partial charge is 0.504 e. The first-order valence-corrected chi connectivity index (χ1v) is 8.97. The third-order valence-electron chi connectivity index (χ3n) is 3.82. The fourth-order valence-electron chi connectivity index (χ4n) is 2.47. The summed E-state index contributed by atoms with van der Waals surface area (Å²) in [6.07, 6.45) is 0.159. The van der Waals surface area contributed by atoms with Crippen LogP contribution in [0, 0.1) is 0 Å². The average Bonchev–Trinajstić information content (AvgIpc) is 2.66. The molecule has 0 aliphatic carbocycles. The van der Waals surface area contributed by atoms with Crippen LogP contribution in [0.5, 0.6) is 17.2 Å². The molecule has 146 valence electrons. The zero-order valence-electron chi connectivity index (χ0n) is 16.0. The second kappa shape index (κ2) is 10.4. The summed E-state index contributed by atoms with van der Waals surface area (Å²) in [6.45, 7) is 4.88. The van der Waals surface area contributed by atoms with Gasteiger partial charge < -0.3 is 24.6 Å². The highest BCUT2D eigenvalue weighted by Crippen LogP contribution is 2.39. The van der Waals surface area contributed by atoms with Crippen LogP contribution in [0.3, 0.4) is 0 Å². The molecule has 0 aromatic heterocycles. The highest BCUT2D eigenvalue weighted by Gasteiger charge is 2.16. The van der Waals surface area contributed by atoms with E-state index in [0.717, 1.165) is 5.56 Å². The molecule has 0 saturated carbocycles. The Hall–Kier alpha value is -2.73. The molecule has 0 aliphatic rings. The van der Waals surface area contributed by atoms with Crippen molar-refractivity contribution in [3.8, 4) is 17.2 Å². The molecule has 0 radical (unpaired) electrons. The zero-order chi connectivity index (χ0) is 19.6. The van der Waals surface area contributed by atoms with Crippen molar-refractivity contribution >= 4 is 5.97 Å². The number of phenolic OH excluding ortho intramolecular Hbond substituents is 1. The SMILES string of the molecule is COc1ccc(CNCCC(=O)OCc2ccccc2)c(O)c1OC(C)C. The maximum atomic E-state index is 11.8. The van der Waals surface area contributed by atoms with Crippen LogP contribution < -0.4 is 14.8 Å². The van der Waals surface area contributed by atoms with E-state index < -0.39 is 0 Å². The molecule has 6 heteroatoms. The van der Waals surface area contributed by atoms with Gasteiger partial charge in [0.15, 0.2) is 11.5 Å². The van der Waals surface area contributed by atoms with Crippen molar-refractivity contribution in [1.29, 1.82) is 0 Å². The Morgan fingerprint density at radius 2 is 1.89 bits per heavy atom. The van der Waals surface area contributed by atoms with E-state index in [1.54, 1.807) is 12.1 Å². The fourth-order valence-corrected chi connectivity index (χ4v) is 2.47. The highest BCUT2D eigenvalue weighted by molar-refractivity contribution is 5.69. The molecule has 2 rings (SSSR count). The minimum atomic E-state index is -0.269. The Bertz CT molecular complexity index is 731. The van der Waals surface area contributed by atoms with E-state index in [1.807, 2.05) is 44.2 Å². The van der Waals surface area contributed by atoms with Crippen LogP contribution in [0.1, 0.15) is 31.4 Å². The Kier molecular flexibility index (Phi) is 7.95. The summed E-state index contributed by atoms with van der Waals surface area (Å²) in [5, 5.41) is 13.6. The molecule has 0 heterocycles. The number of nitrogens with one attached hydrogen (secondary N) is 1. The summed E-state index contributed by atoms with van der Waals surface area (Å²) in [4.78, 5) is 11.8. The molecule has 0 aliphatic heterocycles. The molecule has 0 fully saturated rings. The highest BCUT2D eigenvalue weighted by atomic mass is 16.5. The van der Waals surface area contributed by atoms with Gasteiger partial charge in [-0.15, -0.1) is 0 Å². The smallest absolute Gasteiger partial charge is 0.307 e. The lowest BCUT2D eigenvalue weighted by Gasteiger charge is -2.17. The lowest BCUT2D eigenvalue weighted by Crippen LogP contribution is -2.19. The molecule has 0 spiro atoms. The van der Waals surface area contributed by atoms with Gasteiger partial charge in [-0.2, -0.15) is 0 Å². The number of carbonyl (C=O) groups is 1. The van der Waals surface area contributed by atoms with Crippen LogP contribution in [0.15, 0.2) is 42.5 Å². The third-order valence-corrected chi connectivity index (χ3v) is 3.82. The van der Waals surface area contributed by atoms with Crippen molar-refractivity contribution in [2.75, 3.05) is 13.7 Å². The molecule has 0 amide bonds. The normalized spacial score (nSPS) is 10.7. The van der Waals surface area contributed by atoms with Gasteiger partial charge in [0.05, 0.1) is 19.6 Å². The maximum absolute atomic E-state index is 11.8. The fraction of sp³-hybridized carbons (Fsp3) is 0.381. The van der Waals surface area contributed by atoms with Gasteiger partial charge in [-0.1, -0.05) is 36.4 Å². The topological polar surface area (TPSA) is 77.0 Å². The lowest BCUT2D eigenvalue weighted by atomic mass is 10.1. The monoisotopic (exact) mass is 373 g/mol. The van der Waals surface area contributed by atoms with Crippen molar-refractivity contribution in [3.05, 3.63) is 53.6 Å². The van der Waals surface area contributed by atoms with E-state index >= 15 is 0 Å². The maximum Gasteiger partial charge on any atom is 0.307 e. The molecule has 0 bridgehead atoms. The summed E-state index contributed by atoms with van der Waals surface area (Å²) < 4.78 is 16.1. The number of esters is 1. The predicted molar refractivity (Wildman–Crippen MR) is 103 cm³/mol. The molecule has 0 saturated heterocycles. The molecule has 6 nitrogen and oxygen atoms in total. The Labute approximate surface area is 160 Å². The Morgan fingerprint density at radius 3 is 2.56 bits per heavy atom. The molecule has 2 N–H and O–H groups in total. The first-order valence-electron chi connectivity index (χ1n) is 8.97. The van der Waals surface area contributed by atoms with Gasteiger partial charge in [0.2, 0.25) is 5.75 Å². The standard InChI is InChI=1S/C21H27NO5/c1-15(2)27-21-18(25-3)10-9-17(20(21)24)13-22-12-11-19(23)26-14-16-7-5-4-6-8-16/h4-10,15,22,24H,11-14H2,1-3H3. The summed E-state index contributed by atoms with van der Waals surface area (Å²) in [6, 6.07) is 13.1. The van der Waals surface area contributed by atoms with E-state index in [2.05, 4.69) is 5.32 Å². The number of methoxy groups -OCH3 is 1. The Balaban J connectivity index is 1.80. The predicted octanol–water partition coefficient (Wildman–Crippen LogP) is 3.41. The molecule has 2 aromatic carbocycles. The van der Waals surface area contributed by atoms with Gasteiger partial charge in [0.25, 0.3) is 0 Å². The van der Waals surface area contributed by atoms with Gasteiger partial charge >= 0.3 is 5.97 Å². The second-order valence-electron chi connectivity index (χ2n) is 6.34. The minimum absolute atomic E-state index is 0.0437. The van der Waals surface area contributed by atoms with Crippen LogP contribution in [-0.4, -0.2) is 30.8 Å². The molecule has 2 aromatic rings. The van der Waals surface area contributed by atoms with Crippen LogP contribution in [0.4, 0.5) is 0 Å². The molecule has 0 atom stereocenters. The summed E-state index contributed by atoms with van der Waals surface area (Å²) in [5.41, 5.74) is 1.63. The zero-order valence-corrected chi connectivity index (χ0v) is 16.0. The molecular formula is C21H27NO5. The van der Waals surface area contributed by atoms with E-state index in [4.69, 9.17) is 14.2 Å². The van der Waals surface area contributed by atoms with Crippen LogP contribution in [0.25, 0.3) is 0 Å². The third kappa shape index (κ3) is 6.49. The molecular weight excluding hydrogens is 346 g/mol. The van der Waals surface area contributed by atoms with Gasteiger partial charge in [0, 0.05) is 18.7 Å². The number of carbonyl (C=O) groups excluding carboxylic acids is 1. The van der Waals surface area contributed by atoms with E-state index in [-0.39, 0.29) is 30.9 Å². The first kappa shape index (κ1) is 20.6. The number of hydrogen-bond donors (Lipinski definition) is 2. The van der Waals surface area contributed by atoms with Crippen molar-refractivity contribution < 1.29 is 24.1 Å². The molecule has 0 unspecified atom stereocenters. The van der Waals surface area contributed by atoms with Gasteiger partial charge in [-0.3, -0.25) is 4.79 Å². The second-order valence-corrected chi connectivity index (χ2v) is 6.34. The summed E-state index contributed by atoms with van der Waals surface area (Å²) >= 11 is 0. The van der Waals surface area contributed by atoms with Gasteiger partial charge in [-0.05, 0) is 25.5 Å². The molecule has 27 heavy (non-hydrogen) atoms. The minimum Gasteiger partial charge on any atom is -0.504 e. The van der Waals surface area contributed by atoms with Crippen molar-refractivity contribution in [2.45, 2.75) is 39.5 Å². The summed E-state index contributed by atoms with van der Waals surface area (Å²) in [7, 11) is 1.53. The van der Waals surface area contributed by atoms with E-state index in [0.29, 0.717) is 30.2 Å². The van der Waals surface area contributed by atoms with Gasteiger partial charge in [-0.25, -0.2) is 0 Å². The lowest BCUT2D eigenvalue weighted by molar-refractivity contribution is -0.144. The van der Waals surface area contributed by atoms with E-state index in [1.165, 1.54) is 7.11 Å². The van der Waals surface area contributed by atoms with E-state index in [9.17, 15) is 9.90 Å². The summed E-state index contributed by atoms with van der Waals surface area (Å²) in [5.74, 6) is 0.583. The Morgan fingerprint density at radius 1 is 1.15 bits per heavy atom. The van der Waals surface area contributed by atoms with Crippen molar-refractivity contribution in [3.63, 3.8) is 0 Å². The number of aromatic hydroxyl groups is 1. The quantitative estimate of drug-likeness (QED) is 0.491. The van der Waals surface area contributed by atoms with Crippen LogP contribution in [0.2, 0.25) is 0 Å². The van der Waals surface area contributed by atoms with Gasteiger partial charge in [0.1, 0.15) is 6.61 Å². The van der Waals surface area contributed by atoms with Crippen molar-refractivity contribution in [2.24, 2.45) is 0 Å². The number of benzene rings is 2. The number of phenols is 1. The average molecular weight is 373 g/mol. The number of ether oxygens (including phenoxy) is 3. The number of rotatable bonds is 10.